The number of aryl methyl sites for hydroxylation is 4. The smallest absolute Gasteiger partial charge is 0.243 e. The summed E-state index contributed by atoms with van der Waals surface area (Å²) < 4.78 is 0. The molecule has 0 bridgehead atoms. The van der Waals surface area contributed by atoms with E-state index in [1.54, 1.807) is 0 Å². The van der Waals surface area contributed by atoms with Crippen LogP contribution in [0.25, 0.3) is 0 Å². The Kier molecular flexibility index (Phi) is 4.66. The van der Waals surface area contributed by atoms with Gasteiger partial charge in [0, 0.05) is 6.54 Å². The van der Waals surface area contributed by atoms with Crippen LogP contribution in [-0.2, 0) is 19.4 Å². The van der Waals surface area contributed by atoms with E-state index in [4.69, 9.17) is 0 Å². The highest BCUT2D eigenvalue weighted by Gasteiger charge is 2.06. The van der Waals surface area contributed by atoms with Gasteiger partial charge in [-0.25, -0.2) is 4.98 Å². The maximum atomic E-state index is 4.54. The first-order valence-corrected chi connectivity index (χ1v) is 7.16. The van der Waals surface area contributed by atoms with E-state index >= 15 is 0 Å². The lowest BCUT2D eigenvalue weighted by Crippen LogP contribution is -2.10. The monoisotopic (exact) mass is 270 g/mol. The molecule has 0 radical (unpaired) electrons. The summed E-state index contributed by atoms with van der Waals surface area (Å²) in [6.45, 7) is 9.13. The van der Waals surface area contributed by atoms with Gasteiger partial charge < -0.3 is 5.32 Å². The predicted molar refractivity (Wildman–Crippen MR) is 81.8 cm³/mol. The van der Waals surface area contributed by atoms with E-state index in [0.717, 1.165) is 30.8 Å². The van der Waals surface area contributed by atoms with Crippen LogP contribution in [0.4, 0.5) is 5.95 Å². The highest BCUT2D eigenvalue weighted by molar-refractivity contribution is 5.34. The Hall–Kier alpha value is -1.97. The number of nitrogens with zero attached hydrogens (tertiary/aromatic N) is 3. The molecule has 0 atom stereocenters. The van der Waals surface area contributed by atoms with E-state index in [1.165, 1.54) is 16.7 Å². The van der Waals surface area contributed by atoms with Crippen LogP contribution in [0.1, 0.15) is 41.9 Å². The van der Waals surface area contributed by atoms with E-state index in [0.29, 0.717) is 5.95 Å². The lowest BCUT2D eigenvalue weighted by molar-refractivity contribution is 0.819. The van der Waals surface area contributed by atoms with Crippen LogP contribution in [0.2, 0.25) is 0 Å². The van der Waals surface area contributed by atoms with Crippen LogP contribution in [0.15, 0.2) is 18.2 Å². The third kappa shape index (κ3) is 3.32. The molecule has 0 fully saturated rings. The number of hydrogen-bond donors (Lipinski definition) is 1. The van der Waals surface area contributed by atoms with E-state index in [2.05, 4.69) is 66.4 Å². The lowest BCUT2D eigenvalue weighted by Gasteiger charge is -2.10. The topological polar surface area (TPSA) is 50.7 Å². The zero-order valence-electron chi connectivity index (χ0n) is 12.7. The van der Waals surface area contributed by atoms with Gasteiger partial charge in [0.15, 0.2) is 0 Å². The fourth-order valence-corrected chi connectivity index (χ4v) is 2.23. The quantitative estimate of drug-likeness (QED) is 0.906. The molecular weight excluding hydrogens is 248 g/mol. The van der Waals surface area contributed by atoms with Crippen molar-refractivity contribution in [3.63, 3.8) is 0 Å². The zero-order valence-corrected chi connectivity index (χ0v) is 12.7. The molecule has 2 rings (SSSR count). The molecule has 0 aliphatic rings. The molecule has 0 aliphatic heterocycles. The van der Waals surface area contributed by atoms with Crippen molar-refractivity contribution in [2.45, 2.75) is 47.1 Å². The SMILES string of the molecule is CCc1nnc(NCc2ccc(C)cc2C)nc1CC. The Balaban J connectivity index is 2.10. The molecule has 0 saturated carbocycles. The van der Waals surface area contributed by atoms with Gasteiger partial charge in [0.25, 0.3) is 0 Å². The first kappa shape index (κ1) is 14.4. The Morgan fingerprint density at radius 1 is 1.00 bits per heavy atom. The third-order valence-corrected chi connectivity index (χ3v) is 3.44. The average Bonchev–Trinajstić information content (AvgIpc) is 2.46. The summed E-state index contributed by atoms with van der Waals surface area (Å²) in [5.74, 6) is 0.610. The number of nitrogens with one attached hydrogen (secondary N) is 1. The minimum atomic E-state index is 0.610. The highest BCUT2D eigenvalue weighted by atomic mass is 15.2. The van der Waals surface area contributed by atoms with E-state index < -0.39 is 0 Å². The normalized spacial score (nSPS) is 10.6. The second kappa shape index (κ2) is 6.46. The number of rotatable bonds is 5. The zero-order chi connectivity index (χ0) is 14.5. The lowest BCUT2D eigenvalue weighted by atomic mass is 10.1. The van der Waals surface area contributed by atoms with Crippen molar-refractivity contribution in [2.24, 2.45) is 0 Å². The largest absolute Gasteiger partial charge is 0.349 e. The summed E-state index contributed by atoms with van der Waals surface area (Å²) in [4.78, 5) is 4.54. The molecule has 0 spiro atoms. The molecule has 1 aromatic carbocycles. The van der Waals surface area contributed by atoms with Gasteiger partial charge in [-0.15, -0.1) is 5.10 Å². The summed E-state index contributed by atoms with van der Waals surface area (Å²) in [5.41, 5.74) is 5.85. The van der Waals surface area contributed by atoms with Gasteiger partial charge in [0.05, 0.1) is 11.4 Å². The van der Waals surface area contributed by atoms with Gasteiger partial charge in [-0.2, -0.15) is 5.10 Å². The second-order valence-corrected chi connectivity index (χ2v) is 5.02. The molecule has 1 N–H and O–H groups in total. The molecule has 0 aliphatic carbocycles. The first-order chi connectivity index (χ1) is 9.63. The summed E-state index contributed by atoms with van der Waals surface area (Å²) in [7, 11) is 0. The van der Waals surface area contributed by atoms with Crippen LogP contribution < -0.4 is 5.32 Å². The standard InChI is InChI=1S/C16H22N4/c1-5-14-15(6-2)19-20-16(18-14)17-10-13-8-7-11(3)9-12(13)4/h7-9H,5-6,10H2,1-4H3,(H,17,18,20). The van der Waals surface area contributed by atoms with Crippen LogP contribution in [-0.4, -0.2) is 15.2 Å². The van der Waals surface area contributed by atoms with Gasteiger partial charge in [-0.1, -0.05) is 37.6 Å². The molecule has 0 amide bonds. The molecular formula is C16H22N4. The summed E-state index contributed by atoms with van der Waals surface area (Å²) in [6, 6.07) is 6.46. The maximum Gasteiger partial charge on any atom is 0.243 e. The molecule has 1 heterocycles. The maximum absolute atomic E-state index is 4.54. The summed E-state index contributed by atoms with van der Waals surface area (Å²) in [6.07, 6.45) is 1.76. The van der Waals surface area contributed by atoms with Gasteiger partial charge in [-0.05, 0) is 37.8 Å². The molecule has 20 heavy (non-hydrogen) atoms. The van der Waals surface area contributed by atoms with Crippen LogP contribution in [0, 0.1) is 13.8 Å². The molecule has 0 saturated heterocycles. The third-order valence-electron chi connectivity index (χ3n) is 3.44. The van der Waals surface area contributed by atoms with Crippen molar-refractivity contribution < 1.29 is 0 Å². The Bertz CT molecular complexity index is 593. The van der Waals surface area contributed by atoms with Crippen molar-refractivity contribution in [3.05, 3.63) is 46.3 Å². The van der Waals surface area contributed by atoms with Gasteiger partial charge in [0.1, 0.15) is 0 Å². The van der Waals surface area contributed by atoms with Gasteiger partial charge >= 0.3 is 0 Å². The number of benzene rings is 1. The summed E-state index contributed by atoms with van der Waals surface area (Å²) in [5, 5.41) is 11.7. The van der Waals surface area contributed by atoms with Crippen molar-refractivity contribution in [1.29, 1.82) is 0 Å². The van der Waals surface area contributed by atoms with Crippen molar-refractivity contribution >= 4 is 5.95 Å². The van der Waals surface area contributed by atoms with Crippen LogP contribution >= 0.6 is 0 Å². The molecule has 2 aromatic rings. The highest BCUT2D eigenvalue weighted by Crippen LogP contribution is 2.12. The van der Waals surface area contributed by atoms with E-state index in [9.17, 15) is 0 Å². The minimum Gasteiger partial charge on any atom is -0.349 e. The van der Waals surface area contributed by atoms with Gasteiger partial charge in [0.2, 0.25) is 5.95 Å². The van der Waals surface area contributed by atoms with Gasteiger partial charge in [-0.3, -0.25) is 0 Å². The Labute approximate surface area is 120 Å². The second-order valence-electron chi connectivity index (χ2n) is 5.02. The number of hydrogen-bond acceptors (Lipinski definition) is 4. The molecule has 0 unspecified atom stereocenters. The van der Waals surface area contributed by atoms with Crippen LogP contribution in [0.5, 0.6) is 0 Å². The van der Waals surface area contributed by atoms with Crippen molar-refractivity contribution in [2.75, 3.05) is 5.32 Å². The molecule has 1 aromatic heterocycles. The van der Waals surface area contributed by atoms with Crippen molar-refractivity contribution in [1.82, 2.24) is 15.2 Å². The fraction of sp³-hybridized carbons (Fsp3) is 0.438. The molecule has 4 nitrogen and oxygen atoms in total. The Morgan fingerprint density at radius 3 is 2.40 bits per heavy atom. The number of aromatic nitrogens is 3. The van der Waals surface area contributed by atoms with E-state index in [1.807, 2.05) is 0 Å². The average molecular weight is 270 g/mol. The van der Waals surface area contributed by atoms with Crippen LogP contribution in [0.3, 0.4) is 0 Å². The molecule has 106 valence electrons. The molecule has 4 heteroatoms. The number of anilines is 1. The Morgan fingerprint density at radius 2 is 1.75 bits per heavy atom. The first-order valence-electron chi connectivity index (χ1n) is 7.16. The minimum absolute atomic E-state index is 0.610. The summed E-state index contributed by atoms with van der Waals surface area (Å²) >= 11 is 0. The fourth-order valence-electron chi connectivity index (χ4n) is 2.23. The van der Waals surface area contributed by atoms with E-state index in [-0.39, 0.29) is 0 Å². The van der Waals surface area contributed by atoms with Crippen molar-refractivity contribution in [3.8, 4) is 0 Å². The predicted octanol–water partition coefficient (Wildman–Crippen LogP) is 3.23.